The Bertz CT molecular complexity index is 1450. The van der Waals surface area contributed by atoms with Gasteiger partial charge in [-0.2, -0.15) is 0 Å². The first-order valence-corrected chi connectivity index (χ1v) is 11.7. The molecule has 0 saturated heterocycles. The van der Waals surface area contributed by atoms with Crippen molar-refractivity contribution in [3.63, 3.8) is 0 Å². The molecule has 0 heterocycles. The van der Waals surface area contributed by atoms with Crippen molar-refractivity contribution < 1.29 is 5.11 Å². The average molecular weight is 444 g/mol. The Balaban J connectivity index is 1.52. The molecule has 2 heteroatoms. The van der Waals surface area contributed by atoms with Gasteiger partial charge in [0.1, 0.15) is 5.75 Å². The van der Waals surface area contributed by atoms with Crippen LogP contribution in [-0.4, -0.2) is 11.3 Å². The summed E-state index contributed by atoms with van der Waals surface area (Å²) in [6, 6.07) is 33.4. The molecule has 5 rings (SSSR count). The van der Waals surface area contributed by atoms with E-state index in [-0.39, 0.29) is 11.2 Å². The van der Waals surface area contributed by atoms with Crippen LogP contribution in [0.3, 0.4) is 0 Å². The number of phenolic OH excluding ortho intramolecular Hbond substituents is 1. The largest absolute Gasteiger partial charge is 0.507 e. The number of aliphatic imine (C=N–C) groups is 1. The van der Waals surface area contributed by atoms with Crippen molar-refractivity contribution in [1.29, 1.82) is 0 Å². The first kappa shape index (κ1) is 21.9. The number of fused-ring (bicyclic) bond motifs is 2. The van der Waals surface area contributed by atoms with Gasteiger partial charge in [-0.3, -0.25) is 4.99 Å². The van der Waals surface area contributed by atoms with Crippen LogP contribution < -0.4 is 0 Å². The fourth-order valence-corrected chi connectivity index (χ4v) is 4.53. The van der Waals surface area contributed by atoms with Gasteiger partial charge in [-0.25, -0.2) is 0 Å². The lowest BCUT2D eigenvalue weighted by Gasteiger charge is -2.18. The third-order valence-electron chi connectivity index (χ3n) is 6.43. The van der Waals surface area contributed by atoms with Gasteiger partial charge in [0.2, 0.25) is 0 Å². The number of rotatable bonds is 4. The SMILES string of the molecule is CC(C)(C)c1ccc(CN=Cc2cccc(-c3c4ccccc4cc4ccccc34)c2O)cc1. The summed E-state index contributed by atoms with van der Waals surface area (Å²) in [5.74, 6) is 0.260. The van der Waals surface area contributed by atoms with Gasteiger partial charge in [-0.05, 0) is 50.2 Å². The molecule has 0 aliphatic heterocycles. The summed E-state index contributed by atoms with van der Waals surface area (Å²) in [4.78, 5) is 4.64. The average Bonchev–Trinajstić information content (AvgIpc) is 2.84. The van der Waals surface area contributed by atoms with Crippen molar-refractivity contribution in [2.24, 2.45) is 4.99 Å². The molecule has 168 valence electrons. The standard InChI is InChI=1S/C32H29NO/c1-32(2,3)26-17-15-22(16-18-26)20-33-21-25-11-8-14-29(31(25)34)30-27-12-6-4-9-23(27)19-24-10-5-7-13-28(24)30/h4-19,21,34H,20H2,1-3H3. The topological polar surface area (TPSA) is 32.6 Å². The lowest BCUT2D eigenvalue weighted by Crippen LogP contribution is -2.10. The van der Waals surface area contributed by atoms with E-state index in [1.54, 1.807) is 6.21 Å². The predicted molar refractivity (Wildman–Crippen MR) is 145 cm³/mol. The van der Waals surface area contributed by atoms with E-state index in [0.29, 0.717) is 6.54 Å². The molecule has 5 aromatic rings. The Morgan fingerprint density at radius 3 is 1.97 bits per heavy atom. The van der Waals surface area contributed by atoms with Crippen LogP contribution in [0.4, 0.5) is 0 Å². The van der Waals surface area contributed by atoms with Crippen molar-refractivity contribution in [2.45, 2.75) is 32.7 Å². The second-order valence-corrected chi connectivity index (χ2v) is 9.85. The van der Waals surface area contributed by atoms with E-state index in [4.69, 9.17) is 0 Å². The van der Waals surface area contributed by atoms with Crippen LogP contribution in [0.1, 0.15) is 37.5 Å². The van der Waals surface area contributed by atoms with Gasteiger partial charge in [0.15, 0.2) is 0 Å². The van der Waals surface area contributed by atoms with Crippen LogP contribution in [0.2, 0.25) is 0 Å². The van der Waals surface area contributed by atoms with Crippen molar-refractivity contribution in [3.8, 4) is 16.9 Å². The van der Waals surface area contributed by atoms with Crippen LogP contribution in [0.5, 0.6) is 5.75 Å². The highest BCUT2D eigenvalue weighted by atomic mass is 16.3. The van der Waals surface area contributed by atoms with E-state index >= 15 is 0 Å². The minimum absolute atomic E-state index is 0.139. The van der Waals surface area contributed by atoms with E-state index in [2.05, 4.69) is 92.5 Å². The number of para-hydroxylation sites is 1. The fourth-order valence-electron chi connectivity index (χ4n) is 4.53. The normalized spacial score (nSPS) is 12.1. The molecule has 0 aromatic heterocycles. The summed E-state index contributed by atoms with van der Waals surface area (Å²) >= 11 is 0. The van der Waals surface area contributed by atoms with Crippen LogP contribution in [0.25, 0.3) is 32.7 Å². The zero-order valence-corrected chi connectivity index (χ0v) is 19.9. The van der Waals surface area contributed by atoms with Gasteiger partial charge in [0.25, 0.3) is 0 Å². The van der Waals surface area contributed by atoms with Crippen molar-refractivity contribution in [2.75, 3.05) is 0 Å². The molecular formula is C32H29NO. The first-order chi connectivity index (χ1) is 16.4. The van der Waals surface area contributed by atoms with Gasteiger partial charge in [-0.1, -0.05) is 106 Å². The van der Waals surface area contributed by atoms with Gasteiger partial charge < -0.3 is 5.11 Å². The van der Waals surface area contributed by atoms with E-state index in [1.807, 2.05) is 30.3 Å². The van der Waals surface area contributed by atoms with Gasteiger partial charge in [-0.15, -0.1) is 0 Å². The summed E-state index contributed by atoms with van der Waals surface area (Å²) in [6.07, 6.45) is 1.78. The minimum Gasteiger partial charge on any atom is -0.507 e. The quantitative estimate of drug-likeness (QED) is 0.220. The van der Waals surface area contributed by atoms with Crippen LogP contribution in [-0.2, 0) is 12.0 Å². The van der Waals surface area contributed by atoms with E-state index in [9.17, 15) is 5.11 Å². The van der Waals surface area contributed by atoms with Gasteiger partial charge in [0, 0.05) is 22.9 Å². The van der Waals surface area contributed by atoms with Crippen LogP contribution >= 0.6 is 0 Å². The Labute approximate surface area is 201 Å². The molecule has 0 amide bonds. The highest BCUT2D eigenvalue weighted by Gasteiger charge is 2.15. The second-order valence-electron chi connectivity index (χ2n) is 9.85. The lowest BCUT2D eigenvalue weighted by atomic mass is 9.87. The summed E-state index contributed by atoms with van der Waals surface area (Å²) < 4.78 is 0. The van der Waals surface area contributed by atoms with Crippen molar-refractivity contribution >= 4 is 27.8 Å². The van der Waals surface area contributed by atoms with E-state index < -0.39 is 0 Å². The summed E-state index contributed by atoms with van der Waals surface area (Å²) in [5.41, 5.74) is 5.21. The molecule has 34 heavy (non-hydrogen) atoms. The highest BCUT2D eigenvalue weighted by molar-refractivity contribution is 6.14. The molecule has 2 nitrogen and oxygen atoms in total. The van der Waals surface area contributed by atoms with Crippen molar-refractivity contribution in [3.05, 3.63) is 114 Å². The highest BCUT2D eigenvalue weighted by Crippen LogP contribution is 2.41. The van der Waals surface area contributed by atoms with Crippen molar-refractivity contribution in [1.82, 2.24) is 0 Å². The minimum atomic E-state index is 0.139. The number of nitrogens with zero attached hydrogens (tertiary/aromatic N) is 1. The number of hydrogen-bond donors (Lipinski definition) is 1. The number of aromatic hydroxyl groups is 1. The monoisotopic (exact) mass is 443 g/mol. The Morgan fingerprint density at radius 2 is 1.35 bits per heavy atom. The molecule has 0 atom stereocenters. The Morgan fingerprint density at radius 1 is 0.735 bits per heavy atom. The maximum absolute atomic E-state index is 11.3. The molecule has 0 saturated carbocycles. The molecule has 0 spiro atoms. The molecule has 0 radical (unpaired) electrons. The first-order valence-electron chi connectivity index (χ1n) is 11.7. The number of phenols is 1. The molecule has 0 aliphatic rings. The maximum atomic E-state index is 11.3. The third kappa shape index (κ3) is 4.20. The molecule has 0 fully saturated rings. The van der Waals surface area contributed by atoms with Crippen LogP contribution in [0, 0.1) is 0 Å². The smallest absolute Gasteiger partial charge is 0.132 e. The number of benzene rings is 5. The third-order valence-corrected chi connectivity index (χ3v) is 6.43. The maximum Gasteiger partial charge on any atom is 0.132 e. The molecule has 1 N–H and O–H groups in total. The Kier molecular flexibility index (Phi) is 5.67. The fraction of sp³-hybridized carbons (Fsp3) is 0.156. The Hall–Kier alpha value is -3.91. The van der Waals surface area contributed by atoms with E-state index in [0.717, 1.165) is 43.8 Å². The molecule has 0 unspecified atom stereocenters. The summed E-state index contributed by atoms with van der Waals surface area (Å²) in [5, 5.41) is 15.9. The molecule has 5 aromatic carbocycles. The van der Waals surface area contributed by atoms with Gasteiger partial charge in [0.05, 0.1) is 6.54 Å². The molecule has 0 bridgehead atoms. The predicted octanol–water partition coefficient (Wildman–Crippen LogP) is 8.28. The van der Waals surface area contributed by atoms with Crippen LogP contribution in [0.15, 0.2) is 102 Å². The number of hydrogen-bond acceptors (Lipinski definition) is 2. The lowest BCUT2D eigenvalue weighted by molar-refractivity contribution is 0.476. The summed E-state index contributed by atoms with van der Waals surface area (Å²) in [6.45, 7) is 7.23. The van der Waals surface area contributed by atoms with Gasteiger partial charge >= 0.3 is 0 Å². The zero-order chi connectivity index (χ0) is 23.7. The van der Waals surface area contributed by atoms with E-state index in [1.165, 1.54) is 5.56 Å². The second kappa shape index (κ2) is 8.79. The molecular weight excluding hydrogens is 414 g/mol. The summed E-state index contributed by atoms with van der Waals surface area (Å²) in [7, 11) is 0. The zero-order valence-electron chi connectivity index (χ0n) is 19.9. The molecule has 0 aliphatic carbocycles.